The van der Waals surface area contributed by atoms with E-state index in [9.17, 15) is 16.8 Å². The molecule has 1 saturated heterocycles. The Kier molecular flexibility index (Phi) is 5.22. The van der Waals surface area contributed by atoms with Crippen LogP contribution in [0.2, 0.25) is 0 Å². The summed E-state index contributed by atoms with van der Waals surface area (Å²) in [5.74, 6) is 0.235. The fourth-order valence-electron chi connectivity index (χ4n) is 3.88. The van der Waals surface area contributed by atoms with E-state index >= 15 is 0 Å². The number of nitrogens with one attached hydrogen (secondary N) is 1. The van der Waals surface area contributed by atoms with Crippen molar-refractivity contribution in [2.24, 2.45) is 4.40 Å². The highest BCUT2D eigenvalue weighted by Crippen LogP contribution is 2.29. The molecule has 0 bridgehead atoms. The zero-order valence-corrected chi connectivity index (χ0v) is 17.7. The quantitative estimate of drug-likeness (QED) is 0.799. The third-order valence-electron chi connectivity index (χ3n) is 5.40. The summed E-state index contributed by atoms with van der Waals surface area (Å²) in [5.41, 5.74) is 1.07. The van der Waals surface area contributed by atoms with Crippen molar-refractivity contribution >= 4 is 31.6 Å². The summed E-state index contributed by atoms with van der Waals surface area (Å²) in [6.45, 7) is 2.56. The molecule has 154 valence electrons. The molecule has 2 heterocycles. The molecule has 4 rings (SSSR count). The molecule has 2 aromatic carbocycles. The minimum absolute atomic E-state index is 0.0427. The number of piperidine rings is 1. The molecule has 1 N–H and O–H groups in total. The molecular formula is C20H23N3O4S2. The van der Waals surface area contributed by atoms with E-state index in [0.29, 0.717) is 17.8 Å². The number of benzene rings is 2. The molecule has 29 heavy (non-hydrogen) atoms. The predicted octanol–water partition coefficient (Wildman–Crippen LogP) is 3.20. The van der Waals surface area contributed by atoms with Crippen molar-refractivity contribution in [1.82, 2.24) is 4.31 Å². The standard InChI is InChI=1S/C20H23N3O4S2/c1-2-16-7-5-6-14-23(16)29(26,27)17-12-10-15(11-13-17)21-20-18-8-3-4-9-19(18)28(24,25)22-20/h3-4,8-13,16H,2,5-7,14H2,1H3,(H,21,22)/t16-/m1/s1. The summed E-state index contributed by atoms with van der Waals surface area (Å²) in [6, 6.07) is 13.0. The van der Waals surface area contributed by atoms with Gasteiger partial charge in [-0.3, -0.25) is 0 Å². The van der Waals surface area contributed by atoms with Crippen LogP contribution in [0.25, 0.3) is 0 Å². The topological polar surface area (TPSA) is 95.9 Å². The molecule has 2 aliphatic heterocycles. The molecule has 7 nitrogen and oxygen atoms in total. The van der Waals surface area contributed by atoms with Crippen LogP contribution in [0.1, 0.15) is 38.2 Å². The highest BCUT2D eigenvalue weighted by Gasteiger charge is 2.32. The third-order valence-corrected chi connectivity index (χ3v) is 8.70. The normalized spacial score (nSPS) is 21.4. The van der Waals surface area contributed by atoms with E-state index in [-0.39, 0.29) is 21.7 Å². The van der Waals surface area contributed by atoms with Crippen LogP contribution in [0.15, 0.2) is 62.7 Å². The minimum atomic E-state index is -3.71. The van der Waals surface area contributed by atoms with E-state index in [0.717, 1.165) is 25.7 Å². The van der Waals surface area contributed by atoms with Crippen LogP contribution in [-0.2, 0) is 20.0 Å². The lowest BCUT2D eigenvalue weighted by molar-refractivity contribution is 0.246. The summed E-state index contributed by atoms with van der Waals surface area (Å²) < 4.78 is 55.9. The molecule has 0 amide bonds. The first-order chi connectivity index (χ1) is 13.8. The average molecular weight is 434 g/mol. The van der Waals surface area contributed by atoms with Crippen LogP contribution in [0.4, 0.5) is 5.69 Å². The highest BCUT2D eigenvalue weighted by atomic mass is 32.2. The number of rotatable bonds is 4. The highest BCUT2D eigenvalue weighted by molar-refractivity contribution is 7.90. The van der Waals surface area contributed by atoms with Crippen LogP contribution in [0, 0.1) is 0 Å². The molecule has 0 unspecified atom stereocenters. The summed E-state index contributed by atoms with van der Waals surface area (Å²) in [6.07, 6.45) is 3.62. The third kappa shape index (κ3) is 3.70. The Hall–Kier alpha value is -2.23. The first-order valence-corrected chi connectivity index (χ1v) is 12.5. The van der Waals surface area contributed by atoms with Gasteiger partial charge in [0.05, 0.1) is 4.90 Å². The molecule has 0 spiro atoms. The first kappa shape index (κ1) is 20.1. The Balaban J connectivity index is 1.58. The van der Waals surface area contributed by atoms with E-state index in [1.807, 2.05) is 6.92 Å². The average Bonchev–Trinajstić information content (AvgIpc) is 2.98. The fourth-order valence-corrected chi connectivity index (χ4v) is 6.82. The molecule has 2 aliphatic rings. The maximum atomic E-state index is 13.1. The van der Waals surface area contributed by atoms with Crippen LogP contribution in [0.5, 0.6) is 0 Å². The van der Waals surface area contributed by atoms with Gasteiger partial charge < -0.3 is 5.32 Å². The second-order valence-corrected chi connectivity index (χ2v) is 10.7. The number of anilines is 1. The predicted molar refractivity (Wildman–Crippen MR) is 112 cm³/mol. The SMILES string of the molecule is CC[C@@H]1CCCCN1S(=O)(=O)c1ccc(NC2=NS(=O)(=O)c3ccccc32)cc1. The van der Waals surface area contributed by atoms with E-state index in [4.69, 9.17) is 0 Å². The van der Waals surface area contributed by atoms with E-state index in [1.165, 1.54) is 6.07 Å². The summed E-state index contributed by atoms with van der Waals surface area (Å²) in [7, 11) is -7.26. The molecule has 1 fully saturated rings. The Labute approximate surface area is 171 Å². The van der Waals surface area contributed by atoms with Gasteiger partial charge in [0, 0.05) is 23.8 Å². The minimum Gasteiger partial charge on any atom is -0.339 e. The lowest BCUT2D eigenvalue weighted by Gasteiger charge is -2.34. The zero-order valence-electron chi connectivity index (χ0n) is 16.1. The van der Waals surface area contributed by atoms with Gasteiger partial charge in [0.2, 0.25) is 10.0 Å². The Morgan fingerprint density at radius 1 is 1.10 bits per heavy atom. The van der Waals surface area contributed by atoms with Gasteiger partial charge in [0.15, 0.2) is 5.84 Å². The fraction of sp³-hybridized carbons (Fsp3) is 0.350. The van der Waals surface area contributed by atoms with E-state index in [2.05, 4.69) is 9.71 Å². The second-order valence-electron chi connectivity index (χ2n) is 7.23. The largest absolute Gasteiger partial charge is 0.339 e. The maximum absolute atomic E-state index is 13.1. The van der Waals surface area contributed by atoms with Crippen LogP contribution >= 0.6 is 0 Å². The van der Waals surface area contributed by atoms with Crippen LogP contribution in [0.3, 0.4) is 0 Å². The number of fused-ring (bicyclic) bond motifs is 1. The number of hydrogen-bond acceptors (Lipinski definition) is 5. The van der Waals surface area contributed by atoms with Gasteiger partial charge in [-0.1, -0.05) is 25.5 Å². The molecule has 0 radical (unpaired) electrons. The van der Waals surface area contributed by atoms with Crippen LogP contribution in [-0.4, -0.2) is 39.6 Å². The summed E-state index contributed by atoms with van der Waals surface area (Å²) in [5, 5.41) is 2.99. The van der Waals surface area contributed by atoms with Crippen molar-refractivity contribution in [3.05, 3.63) is 54.1 Å². The maximum Gasteiger partial charge on any atom is 0.285 e. The number of hydrogen-bond donors (Lipinski definition) is 1. The molecule has 0 saturated carbocycles. The van der Waals surface area contributed by atoms with Crippen LogP contribution < -0.4 is 5.32 Å². The molecular weight excluding hydrogens is 410 g/mol. The Bertz CT molecular complexity index is 1160. The van der Waals surface area contributed by atoms with E-state index < -0.39 is 20.0 Å². The van der Waals surface area contributed by atoms with Crippen molar-refractivity contribution in [3.63, 3.8) is 0 Å². The van der Waals surface area contributed by atoms with Crippen molar-refractivity contribution in [3.8, 4) is 0 Å². The Morgan fingerprint density at radius 3 is 2.55 bits per heavy atom. The van der Waals surface area contributed by atoms with Gasteiger partial charge in [-0.2, -0.15) is 12.7 Å². The molecule has 0 aromatic heterocycles. The number of amidine groups is 1. The lowest BCUT2D eigenvalue weighted by Crippen LogP contribution is -2.43. The summed E-state index contributed by atoms with van der Waals surface area (Å²) >= 11 is 0. The summed E-state index contributed by atoms with van der Waals surface area (Å²) in [4.78, 5) is 0.405. The smallest absolute Gasteiger partial charge is 0.285 e. The second kappa shape index (κ2) is 7.55. The number of sulfonamides is 2. The van der Waals surface area contributed by atoms with Gasteiger partial charge in [-0.25, -0.2) is 8.42 Å². The van der Waals surface area contributed by atoms with Gasteiger partial charge in [-0.05, 0) is 55.7 Å². The van der Waals surface area contributed by atoms with Crippen molar-refractivity contribution in [2.45, 2.75) is 48.4 Å². The lowest BCUT2D eigenvalue weighted by atomic mass is 10.0. The van der Waals surface area contributed by atoms with Crippen molar-refractivity contribution < 1.29 is 16.8 Å². The first-order valence-electron chi connectivity index (χ1n) is 9.66. The van der Waals surface area contributed by atoms with Crippen molar-refractivity contribution in [2.75, 3.05) is 11.9 Å². The van der Waals surface area contributed by atoms with Crippen molar-refractivity contribution in [1.29, 1.82) is 0 Å². The monoisotopic (exact) mass is 433 g/mol. The van der Waals surface area contributed by atoms with Gasteiger partial charge in [-0.15, -0.1) is 4.40 Å². The van der Waals surface area contributed by atoms with E-state index in [1.54, 1.807) is 46.8 Å². The number of nitrogens with zero attached hydrogens (tertiary/aromatic N) is 2. The molecule has 9 heteroatoms. The molecule has 1 atom stereocenters. The van der Waals surface area contributed by atoms with Gasteiger partial charge in [0.25, 0.3) is 10.0 Å². The molecule has 2 aromatic rings. The Morgan fingerprint density at radius 2 is 1.83 bits per heavy atom. The zero-order chi connectivity index (χ0) is 20.6. The van der Waals surface area contributed by atoms with Gasteiger partial charge in [0.1, 0.15) is 4.90 Å². The van der Waals surface area contributed by atoms with Gasteiger partial charge >= 0.3 is 0 Å². The molecule has 0 aliphatic carbocycles.